The molecule has 1 aromatic carbocycles. The van der Waals surface area contributed by atoms with Crippen LogP contribution in [0.4, 0.5) is 0 Å². The Morgan fingerprint density at radius 3 is 2.82 bits per heavy atom. The maximum absolute atomic E-state index is 9.54. The fourth-order valence-corrected chi connectivity index (χ4v) is 2.12. The third kappa shape index (κ3) is 2.47. The van der Waals surface area contributed by atoms with E-state index in [-0.39, 0.29) is 11.7 Å². The molecule has 0 amide bonds. The molecule has 0 aliphatic rings. The molecule has 2 rings (SSSR count). The molecule has 0 radical (unpaired) electrons. The summed E-state index contributed by atoms with van der Waals surface area (Å²) in [6, 6.07) is 9.31. The third-order valence-corrected chi connectivity index (χ3v) is 2.94. The molecule has 2 aromatic rings. The van der Waals surface area contributed by atoms with Gasteiger partial charge in [-0.3, -0.25) is 4.68 Å². The molecule has 1 unspecified atom stereocenters. The van der Waals surface area contributed by atoms with Gasteiger partial charge in [-0.25, -0.2) is 0 Å². The number of benzene rings is 1. The molecular formula is C13H17N3O. The lowest BCUT2D eigenvalue weighted by atomic mass is 9.92. The number of aryl methyl sites for hydroxylation is 1. The number of hydrogen-bond acceptors (Lipinski definition) is 3. The second-order valence-electron chi connectivity index (χ2n) is 4.10. The second-order valence-corrected chi connectivity index (χ2v) is 4.10. The maximum atomic E-state index is 9.54. The number of phenols is 1. The van der Waals surface area contributed by atoms with Crippen LogP contribution in [0.2, 0.25) is 0 Å². The zero-order chi connectivity index (χ0) is 12.3. The largest absolute Gasteiger partial charge is 0.508 e. The SMILES string of the molecule is Cn1nccc1C(CCN)c1cccc(O)c1. The zero-order valence-electron chi connectivity index (χ0n) is 9.87. The normalized spacial score (nSPS) is 12.6. The van der Waals surface area contributed by atoms with Crippen LogP contribution in [-0.4, -0.2) is 21.4 Å². The van der Waals surface area contributed by atoms with Gasteiger partial charge in [-0.15, -0.1) is 0 Å². The van der Waals surface area contributed by atoms with Gasteiger partial charge < -0.3 is 10.8 Å². The van der Waals surface area contributed by atoms with E-state index < -0.39 is 0 Å². The molecule has 0 aliphatic carbocycles. The van der Waals surface area contributed by atoms with Crippen molar-refractivity contribution in [3.63, 3.8) is 0 Å². The smallest absolute Gasteiger partial charge is 0.115 e. The maximum Gasteiger partial charge on any atom is 0.115 e. The van der Waals surface area contributed by atoms with Crippen LogP contribution in [0, 0.1) is 0 Å². The lowest BCUT2D eigenvalue weighted by Gasteiger charge is -2.17. The number of nitrogens with two attached hydrogens (primary N) is 1. The number of phenolic OH excluding ortho intramolecular Hbond substituents is 1. The monoisotopic (exact) mass is 231 g/mol. The first kappa shape index (κ1) is 11.7. The van der Waals surface area contributed by atoms with Crippen LogP contribution < -0.4 is 5.73 Å². The van der Waals surface area contributed by atoms with Crippen molar-refractivity contribution in [1.29, 1.82) is 0 Å². The van der Waals surface area contributed by atoms with E-state index in [0.29, 0.717) is 6.54 Å². The summed E-state index contributed by atoms with van der Waals surface area (Å²) in [5.41, 5.74) is 7.85. The van der Waals surface area contributed by atoms with Gasteiger partial charge in [0, 0.05) is 24.9 Å². The van der Waals surface area contributed by atoms with Gasteiger partial charge in [-0.1, -0.05) is 12.1 Å². The highest BCUT2D eigenvalue weighted by atomic mass is 16.3. The highest BCUT2D eigenvalue weighted by Gasteiger charge is 2.16. The zero-order valence-corrected chi connectivity index (χ0v) is 9.87. The van der Waals surface area contributed by atoms with E-state index in [1.807, 2.05) is 29.9 Å². The van der Waals surface area contributed by atoms with Gasteiger partial charge in [-0.2, -0.15) is 5.10 Å². The van der Waals surface area contributed by atoms with Crippen molar-refractivity contribution in [2.45, 2.75) is 12.3 Å². The van der Waals surface area contributed by atoms with Crippen molar-refractivity contribution in [2.75, 3.05) is 6.54 Å². The van der Waals surface area contributed by atoms with Crippen LogP contribution >= 0.6 is 0 Å². The second kappa shape index (κ2) is 5.01. The molecule has 4 nitrogen and oxygen atoms in total. The van der Waals surface area contributed by atoms with Crippen LogP contribution in [-0.2, 0) is 7.05 Å². The van der Waals surface area contributed by atoms with E-state index in [9.17, 15) is 5.11 Å². The summed E-state index contributed by atoms with van der Waals surface area (Å²) in [4.78, 5) is 0. The van der Waals surface area contributed by atoms with Gasteiger partial charge in [0.15, 0.2) is 0 Å². The first-order chi connectivity index (χ1) is 8.22. The predicted molar refractivity (Wildman–Crippen MR) is 66.8 cm³/mol. The molecule has 1 heterocycles. The highest BCUT2D eigenvalue weighted by molar-refractivity contribution is 5.34. The average molecular weight is 231 g/mol. The summed E-state index contributed by atoms with van der Waals surface area (Å²) < 4.78 is 1.85. The number of aromatic nitrogens is 2. The number of nitrogens with zero attached hydrogens (tertiary/aromatic N) is 2. The van der Waals surface area contributed by atoms with Crippen LogP contribution in [0.3, 0.4) is 0 Å². The lowest BCUT2D eigenvalue weighted by molar-refractivity contribution is 0.473. The Hall–Kier alpha value is -1.81. The number of hydrogen-bond donors (Lipinski definition) is 2. The summed E-state index contributed by atoms with van der Waals surface area (Å²) in [7, 11) is 1.92. The summed E-state index contributed by atoms with van der Waals surface area (Å²) in [5.74, 6) is 0.464. The van der Waals surface area contributed by atoms with E-state index >= 15 is 0 Å². The molecule has 0 saturated heterocycles. The minimum absolute atomic E-state index is 0.180. The van der Waals surface area contributed by atoms with Crippen molar-refractivity contribution in [3.8, 4) is 5.75 Å². The molecule has 1 aromatic heterocycles. The molecule has 90 valence electrons. The summed E-state index contributed by atoms with van der Waals surface area (Å²) in [6.45, 7) is 0.603. The summed E-state index contributed by atoms with van der Waals surface area (Å²) >= 11 is 0. The van der Waals surface area contributed by atoms with E-state index in [1.165, 1.54) is 0 Å². The Kier molecular flexibility index (Phi) is 3.44. The van der Waals surface area contributed by atoms with Gasteiger partial charge >= 0.3 is 0 Å². The first-order valence-corrected chi connectivity index (χ1v) is 5.69. The first-order valence-electron chi connectivity index (χ1n) is 5.69. The lowest BCUT2D eigenvalue weighted by Crippen LogP contribution is -2.12. The molecule has 3 N–H and O–H groups in total. The van der Waals surface area contributed by atoms with Crippen LogP contribution in [0.25, 0.3) is 0 Å². The molecule has 0 bridgehead atoms. The van der Waals surface area contributed by atoms with Crippen molar-refractivity contribution < 1.29 is 5.11 Å². The molecule has 17 heavy (non-hydrogen) atoms. The number of aromatic hydroxyl groups is 1. The third-order valence-electron chi connectivity index (χ3n) is 2.94. The summed E-state index contributed by atoms with van der Waals surface area (Å²) in [6.07, 6.45) is 2.62. The topological polar surface area (TPSA) is 64.1 Å². The van der Waals surface area contributed by atoms with Crippen molar-refractivity contribution >= 4 is 0 Å². The molecule has 0 spiro atoms. The predicted octanol–water partition coefficient (Wildman–Crippen LogP) is 1.61. The van der Waals surface area contributed by atoms with Crippen LogP contribution in [0.5, 0.6) is 5.75 Å². The van der Waals surface area contributed by atoms with Gasteiger partial charge in [0.2, 0.25) is 0 Å². The summed E-state index contributed by atoms with van der Waals surface area (Å²) in [5, 5.41) is 13.7. The molecule has 0 fully saturated rings. The fourth-order valence-electron chi connectivity index (χ4n) is 2.12. The van der Waals surface area contributed by atoms with Crippen molar-refractivity contribution in [1.82, 2.24) is 9.78 Å². The standard InChI is InChI=1S/C13H17N3O/c1-16-13(6-8-15-16)12(5-7-14)10-3-2-4-11(17)9-10/h2-4,6,8-9,12,17H,5,7,14H2,1H3. The van der Waals surface area contributed by atoms with E-state index in [0.717, 1.165) is 17.7 Å². The Labute approximate surface area is 101 Å². The van der Waals surface area contributed by atoms with E-state index in [2.05, 4.69) is 5.10 Å². The molecule has 1 atom stereocenters. The minimum atomic E-state index is 0.180. The van der Waals surface area contributed by atoms with E-state index in [4.69, 9.17) is 5.73 Å². The highest BCUT2D eigenvalue weighted by Crippen LogP contribution is 2.28. The van der Waals surface area contributed by atoms with Crippen LogP contribution in [0.15, 0.2) is 36.5 Å². The van der Waals surface area contributed by atoms with Gasteiger partial charge in [-0.05, 0) is 36.7 Å². The fraction of sp³-hybridized carbons (Fsp3) is 0.308. The Morgan fingerprint density at radius 2 is 2.24 bits per heavy atom. The molecule has 4 heteroatoms. The van der Waals surface area contributed by atoms with Crippen molar-refractivity contribution in [2.24, 2.45) is 12.8 Å². The quantitative estimate of drug-likeness (QED) is 0.840. The molecular weight excluding hydrogens is 214 g/mol. The average Bonchev–Trinajstić information content (AvgIpc) is 2.72. The molecule has 0 saturated carbocycles. The van der Waals surface area contributed by atoms with Crippen LogP contribution in [0.1, 0.15) is 23.6 Å². The Balaban J connectivity index is 2.39. The van der Waals surface area contributed by atoms with Gasteiger partial charge in [0.25, 0.3) is 0 Å². The Morgan fingerprint density at radius 1 is 1.41 bits per heavy atom. The van der Waals surface area contributed by atoms with Gasteiger partial charge in [0.05, 0.1) is 0 Å². The van der Waals surface area contributed by atoms with Crippen molar-refractivity contribution in [3.05, 3.63) is 47.8 Å². The molecule has 0 aliphatic heterocycles. The van der Waals surface area contributed by atoms with Gasteiger partial charge in [0.1, 0.15) is 5.75 Å². The van der Waals surface area contributed by atoms with E-state index in [1.54, 1.807) is 18.3 Å². The number of rotatable bonds is 4. The minimum Gasteiger partial charge on any atom is -0.508 e. The Bertz CT molecular complexity index is 493.